The summed E-state index contributed by atoms with van der Waals surface area (Å²) in [5, 5.41) is 0. The van der Waals surface area contributed by atoms with E-state index in [9.17, 15) is 0 Å². The number of benzene rings is 1. The molecule has 0 unspecified atom stereocenters. The molecule has 2 N–H and O–H groups in total. The number of para-hydroxylation sites is 1. The molecule has 0 saturated carbocycles. The van der Waals surface area contributed by atoms with E-state index in [0.717, 1.165) is 11.3 Å². The van der Waals surface area contributed by atoms with Crippen LogP contribution in [0, 0.1) is 0 Å². The predicted octanol–water partition coefficient (Wildman–Crippen LogP) is 0.923. The Morgan fingerprint density at radius 2 is 2.15 bits per heavy atom. The Bertz CT molecular complexity index is 284. The highest BCUT2D eigenvalue weighted by Gasteiger charge is 2.20. The Morgan fingerprint density at radius 1 is 1.38 bits per heavy atom. The van der Waals surface area contributed by atoms with E-state index in [1.165, 1.54) is 0 Å². The van der Waals surface area contributed by atoms with Crippen LogP contribution in [-0.4, -0.2) is 19.3 Å². The fourth-order valence-electron chi connectivity index (χ4n) is 1.25. The first-order valence-corrected chi connectivity index (χ1v) is 4.42. The van der Waals surface area contributed by atoms with Crippen molar-refractivity contribution >= 4 is 0 Å². The Kier molecular flexibility index (Phi) is 2.47. The smallest absolute Gasteiger partial charge is 0.145 e. The third-order valence-electron chi connectivity index (χ3n) is 2.09. The van der Waals surface area contributed by atoms with Crippen molar-refractivity contribution in [2.24, 2.45) is 5.73 Å². The van der Waals surface area contributed by atoms with Gasteiger partial charge in [0.1, 0.15) is 11.9 Å². The molecule has 0 aliphatic carbocycles. The first-order chi connectivity index (χ1) is 6.40. The van der Waals surface area contributed by atoms with E-state index >= 15 is 0 Å². The number of hydrogen-bond acceptors (Lipinski definition) is 3. The van der Waals surface area contributed by atoms with E-state index in [4.69, 9.17) is 15.2 Å². The van der Waals surface area contributed by atoms with Gasteiger partial charge in [-0.25, -0.2) is 0 Å². The molecule has 0 radical (unpaired) electrons. The Labute approximate surface area is 77.5 Å². The summed E-state index contributed by atoms with van der Waals surface area (Å²) in [5.74, 6) is 0.887. The maximum absolute atomic E-state index is 5.67. The second kappa shape index (κ2) is 3.77. The van der Waals surface area contributed by atoms with Gasteiger partial charge in [0.15, 0.2) is 0 Å². The maximum atomic E-state index is 5.67. The Morgan fingerprint density at radius 3 is 2.77 bits per heavy atom. The number of rotatable bonds is 3. The van der Waals surface area contributed by atoms with Crippen molar-refractivity contribution < 1.29 is 9.47 Å². The van der Waals surface area contributed by atoms with Crippen LogP contribution in [-0.2, 0) is 11.3 Å². The van der Waals surface area contributed by atoms with Crippen molar-refractivity contribution in [1.29, 1.82) is 0 Å². The molecule has 1 aliphatic heterocycles. The van der Waals surface area contributed by atoms with Gasteiger partial charge >= 0.3 is 0 Å². The van der Waals surface area contributed by atoms with Crippen LogP contribution in [0.4, 0.5) is 0 Å². The van der Waals surface area contributed by atoms with Crippen molar-refractivity contribution in [2.45, 2.75) is 12.6 Å². The number of ether oxygens (including phenoxy) is 2. The van der Waals surface area contributed by atoms with Gasteiger partial charge in [-0.15, -0.1) is 0 Å². The minimum absolute atomic E-state index is 0.215. The van der Waals surface area contributed by atoms with Gasteiger partial charge in [-0.2, -0.15) is 0 Å². The highest BCUT2D eigenvalue weighted by atomic mass is 16.6. The third-order valence-corrected chi connectivity index (χ3v) is 2.09. The van der Waals surface area contributed by atoms with Gasteiger partial charge in [0.2, 0.25) is 0 Å². The van der Waals surface area contributed by atoms with Gasteiger partial charge in [0.25, 0.3) is 0 Å². The van der Waals surface area contributed by atoms with Gasteiger partial charge in [0.05, 0.1) is 13.2 Å². The lowest BCUT2D eigenvalue weighted by Crippen LogP contribution is -2.38. The molecule has 0 aromatic heterocycles. The van der Waals surface area contributed by atoms with Crippen LogP contribution in [0.1, 0.15) is 5.56 Å². The molecule has 1 heterocycles. The molecule has 1 fully saturated rings. The topological polar surface area (TPSA) is 44.5 Å². The molecule has 70 valence electrons. The first-order valence-electron chi connectivity index (χ1n) is 4.42. The van der Waals surface area contributed by atoms with E-state index in [-0.39, 0.29) is 6.10 Å². The minimum Gasteiger partial charge on any atom is -0.485 e. The Balaban J connectivity index is 2.08. The zero-order valence-electron chi connectivity index (χ0n) is 7.40. The summed E-state index contributed by atoms with van der Waals surface area (Å²) in [5.41, 5.74) is 6.62. The van der Waals surface area contributed by atoms with Crippen molar-refractivity contribution in [3.05, 3.63) is 29.8 Å². The van der Waals surface area contributed by atoms with Gasteiger partial charge < -0.3 is 15.2 Å². The number of nitrogens with two attached hydrogens (primary N) is 1. The molecule has 2 rings (SSSR count). The van der Waals surface area contributed by atoms with Crippen LogP contribution in [0.25, 0.3) is 0 Å². The summed E-state index contributed by atoms with van der Waals surface area (Å²) in [6, 6.07) is 7.84. The molecule has 1 aliphatic rings. The monoisotopic (exact) mass is 179 g/mol. The quantitative estimate of drug-likeness (QED) is 0.750. The van der Waals surface area contributed by atoms with Gasteiger partial charge in [-0.05, 0) is 6.07 Å². The van der Waals surface area contributed by atoms with Gasteiger partial charge in [0, 0.05) is 12.1 Å². The van der Waals surface area contributed by atoms with Crippen LogP contribution in [0.3, 0.4) is 0 Å². The first kappa shape index (κ1) is 8.53. The molecular formula is C10H13NO2. The molecule has 3 heteroatoms. The normalized spacial score (nSPS) is 16.7. The SMILES string of the molecule is NCc1ccccc1OC1COC1. The second-order valence-corrected chi connectivity index (χ2v) is 3.09. The van der Waals surface area contributed by atoms with Crippen molar-refractivity contribution in [1.82, 2.24) is 0 Å². The average Bonchev–Trinajstić information content (AvgIpc) is 2.12. The summed E-state index contributed by atoms with van der Waals surface area (Å²) < 4.78 is 10.7. The molecule has 1 aromatic rings. The predicted molar refractivity (Wildman–Crippen MR) is 49.6 cm³/mol. The summed E-state index contributed by atoms with van der Waals surface area (Å²) in [4.78, 5) is 0. The minimum atomic E-state index is 0.215. The molecule has 0 amide bonds. The maximum Gasteiger partial charge on any atom is 0.145 e. The zero-order valence-corrected chi connectivity index (χ0v) is 7.40. The van der Waals surface area contributed by atoms with Crippen LogP contribution in [0.5, 0.6) is 5.75 Å². The van der Waals surface area contributed by atoms with Crippen LogP contribution in [0.15, 0.2) is 24.3 Å². The molecular weight excluding hydrogens is 166 g/mol. The summed E-state index contributed by atoms with van der Waals surface area (Å²) in [6.07, 6.45) is 0.215. The molecule has 1 saturated heterocycles. The van der Waals surface area contributed by atoms with Crippen LogP contribution in [0.2, 0.25) is 0 Å². The summed E-state index contributed by atoms with van der Waals surface area (Å²) in [7, 11) is 0. The standard InChI is InChI=1S/C10H13NO2/c11-5-8-3-1-2-4-10(8)13-9-6-12-7-9/h1-4,9H,5-7,11H2. The van der Waals surface area contributed by atoms with E-state index in [1.807, 2.05) is 24.3 Å². The zero-order chi connectivity index (χ0) is 9.10. The average molecular weight is 179 g/mol. The van der Waals surface area contributed by atoms with Crippen molar-refractivity contribution in [3.63, 3.8) is 0 Å². The third kappa shape index (κ3) is 1.82. The molecule has 3 nitrogen and oxygen atoms in total. The highest BCUT2D eigenvalue weighted by molar-refractivity contribution is 5.33. The fourth-order valence-corrected chi connectivity index (χ4v) is 1.25. The van der Waals surface area contributed by atoms with Gasteiger partial charge in [-0.1, -0.05) is 18.2 Å². The van der Waals surface area contributed by atoms with E-state index < -0.39 is 0 Å². The van der Waals surface area contributed by atoms with Crippen molar-refractivity contribution in [2.75, 3.05) is 13.2 Å². The summed E-state index contributed by atoms with van der Waals surface area (Å²) >= 11 is 0. The Hall–Kier alpha value is -1.06. The molecule has 0 bridgehead atoms. The highest BCUT2D eigenvalue weighted by Crippen LogP contribution is 2.20. The molecule has 0 spiro atoms. The second-order valence-electron chi connectivity index (χ2n) is 3.09. The molecule has 13 heavy (non-hydrogen) atoms. The van der Waals surface area contributed by atoms with Crippen LogP contribution < -0.4 is 10.5 Å². The number of hydrogen-bond donors (Lipinski definition) is 1. The van der Waals surface area contributed by atoms with E-state index in [2.05, 4.69) is 0 Å². The molecule has 0 atom stereocenters. The molecule has 1 aromatic carbocycles. The largest absolute Gasteiger partial charge is 0.485 e. The van der Waals surface area contributed by atoms with Crippen LogP contribution >= 0.6 is 0 Å². The van der Waals surface area contributed by atoms with Crippen molar-refractivity contribution in [3.8, 4) is 5.75 Å². The van der Waals surface area contributed by atoms with E-state index in [0.29, 0.717) is 19.8 Å². The van der Waals surface area contributed by atoms with E-state index in [1.54, 1.807) is 0 Å². The lowest BCUT2D eigenvalue weighted by atomic mass is 10.2. The summed E-state index contributed by atoms with van der Waals surface area (Å²) in [6.45, 7) is 1.90. The lowest BCUT2D eigenvalue weighted by molar-refractivity contribution is -0.0799. The lowest BCUT2D eigenvalue weighted by Gasteiger charge is -2.27. The van der Waals surface area contributed by atoms with Gasteiger partial charge in [-0.3, -0.25) is 0 Å². The fraction of sp³-hybridized carbons (Fsp3) is 0.400.